The van der Waals surface area contributed by atoms with E-state index in [4.69, 9.17) is 4.52 Å². The molecule has 0 atom stereocenters. The van der Waals surface area contributed by atoms with Gasteiger partial charge in [0, 0.05) is 12.5 Å². The van der Waals surface area contributed by atoms with Crippen LogP contribution in [-0.4, -0.2) is 42.9 Å². The van der Waals surface area contributed by atoms with Crippen molar-refractivity contribution in [3.63, 3.8) is 0 Å². The number of nitrogens with zero attached hydrogens (tertiary/aromatic N) is 3. The predicted molar refractivity (Wildman–Crippen MR) is 79.2 cm³/mol. The number of esters is 1. The highest BCUT2D eigenvalue weighted by atomic mass is 32.2. The fourth-order valence-corrected chi connectivity index (χ4v) is 4.01. The molecule has 8 nitrogen and oxygen atoms in total. The highest BCUT2D eigenvalue weighted by Crippen LogP contribution is 2.46. The standard InChI is InChI=1S/C14H15N3O5S/c1-21-12(18)9-4-7-15-10(8-9)11-16-13(17-22-11)14(5-3-6-14)23(2,19)20/h4,7-8H,3,5-6H2,1-2H3. The zero-order valence-corrected chi connectivity index (χ0v) is 13.5. The summed E-state index contributed by atoms with van der Waals surface area (Å²) in [6.07, 6.45) is 4.34. The number of hydrogen-bond acceptors (Lipinski definition) is 8. The van der Waals surface area contributed by atoms with Crippen molar-refractivity contribution in [1.82, 2.24) is 15.1 Å². The lowest BCUT2D eigenvalue weighted by Gasteiger charge is -2.36. The summed E-state index contributed by atoms with van der Waals surface area (Å²) in [5.41, 5.74) is 0.577. The summed E-state index contributed by atoms with van der Waals surface area (Å²) in [6.45, 7) is 0. The molecule has 0 aliphatic heterocycles. The zero-order valence-electron chi connectivity index (χ0n) is 12.6. The van der Waals surface area contributed by atoms with E-state index in [-0.39, 0.29) is 17.4 Å². The molecular weight excluding hydrogens is 322 g/mol. The highest BCUT2D eigenvalue weighted by Gasteiger charge is 2.51. The Morgan fingerprint density at radius 1 is 1.39 bits per heavy atom. The molecule has 0 bridgehead atoms. The van der Waals surface area contributed by atoms with Crippen LogP contribution >= 0.6 is 0 Å². The summed E-state index contributed by atoms with van der Waals surface area (Å²) in [4.78, 5) is 19.8. The Morgan fingerprint density at radius 2 is 2.13 bits per heavy atom. The number of aromatic nitrogens is 3. The highest BCUT2D eigenvalue weighted by molar-refractivity contribution is 7.91. The number of pyridine rings is 1. The summed E-state index contributed by atoms with van der Waals surface area (Å²) < 4.78 is 32.9. The third-order valence-electron chi connectivity index (χ3n) is 4.10. The Kier molecular flexibility index (Phi) is 3.67. The van der Waals surface area contributed by atoms with E-state index in [0.29, 0.717) is 18.4 Å². The van der Waals surface area contributed by atoms with Gasteiger partial charge < -0.3 is 9.26 Å². The first kappa shape index (κ1) is 15.6. The number of carbonyl (C=O) groups is 1. The number of rotatable bonds is 4. The molecule has 1 aliphatic carbocycles. The first-order chi connectivity index (χ1) is 10.9. The van der Waals surface area contributed by atoms with Crippen molar-refractivity contribution < 1.29 is 22.5 Å². The number of ether oxygens (including phenoxy) is 1. The SMILES string of the molecule is COC(=O)c1ccnc(-c2nc(C3(S(C)(=O)=O)CCC3)no2)c1. The second-order valence-electron chi connectivity index (χ2n) is 5.46. The maximum absolute atomic E-state index is 12.1. The number of methoxy groups -OCH3 is 1. The largest absolute Gasteiger partial charge is 0.465 e. The lowest BCUT2D eigenvalue weighted by Crippen LogP contribution is -2.42. The van der Waals surface area contributed by atoms with E-state index in [1.165, 1.54) is 31.7 Å². The molecule has 0 unspecified atom stereocenters. The number of sulfone groups is 1. The quantitative estimate of drug-likeness (QED) is 0.768. The fourth-order valence-electron chi connectivity index (χ4n) is 2.56. The van der Waals surface area contributed by atoms with E-state index >= 15 is 0 Å². The summed E-state index contributed by atoms with van der Waals surface area (Å²) in [5.74, 6) is -0.299. The molecule has 0 saturated heterocycles. The summed E-state index contributed by atoms with van der Waals surface area (Å²) in [7, 11) is -2.08. The van der Waals surface area contributed by atoms with Crippen molar-refractivity contribution in [3.05, 3.63) is 29.7 Å². The first-order valence-electron chi connectivity index (χ1n) is 6.96. The summed E-state index contributed by atoms with van der Waals surface area (Å²) in [5, 5.41) is 3.83. The van der Waals surface area contributed by atoms with Gasteiger partial charge in [0.1, 0.15) is 10.4 Å². The molecule has 1 aliphatic rings. The topological polar surface area (TPSA) is 112 Å². The lowest BCUT2D eigenvalue weighted by atomic mass is 9.83. The molecule has 2 aromatic heterocycles. The average Bonchev–Trinajstić information content (AvgIpc) is 2.93. The molecule has 2 heterocycles. The predicted octanol–water partition coefficient (Wildman–Crippen LogP) is 1.34. The molecule has 9 heteroatoms. The van der Waals surface area contributed by atoms with Gasteiger partial charge in [-0.15, -0.1) is 0 Å². The summed E-state index contributed by atoms with van der Waals surface area (Å²) >= 11 is 0. The first-order valence-corrected chi connectivity index (χ1v) is 8.85. The minimum Gasteiger partial charge on any atom is -0.465 e. The van der Waals surface area contributed by atoms with Crippen LogP contribution in [0.25, 0.3) is 11.6 Å². The Labute approximate surface area is 132 Å². The summed E-state index contributed by atoms with van der Waals surface area (Å²) in [6, 6.07) is 2.95. The molecule has 0 N–H and O–H groups in total. The smallest absolute Gasteiger partial charge is 0.337 e. The minimum atomic E-state index is -3.35. The maximum Gasteiger partial charge on any atom is 0.337 e. The van der Waals surface area contributed by atoms with E-state index < -0.39 is 20.6 Å². The van der Waals surface area contributed by atoms with Crippen LogP contribution in [0.4, 0.5) is 0 Å². The van der Waals surface area contributed by atoms with Crippen LogP contribution in [0.15, 0.2) is 22.9 Å². The van der Waals surface area contributed by atoms with Gasteiger partial charge in [-0.3, -0.25) is 4.98 Å². The molecule has 2 aromatic rings. The molecule has 0 radical (unpaired) electrons. The molecular formula is C14H15N3O5S. The molecule has 122 valence electrons. The van der Waals surface area contributed by atoms with E-state index in [1.54, 1.807) is 0 Å². The maximum atomic E-state index is 12.1. The Balaban J connectivity index is 1.99. The Hall–Kier alpha value is -2.29. The van der Waals surface area contributed by atoms with E-state index in [2.05, 4.69) is 19.9 Å². The average molecular weight is 337 g/mol. The normalized spacial score (nSPS) is 16.6. The van der Waals surface area contributed by atoms with Crippen LogP contribution in [-0.2, 0) is 19.3 Å². The van der Waals surface area contributed by atoms with Gasteiger partial charge in [-0.25, -0.2) is 13.2 Å². The number of hydrogen-bond donors (Lipinski definition) is 0. The number of carbonyl (C=O) groups excluding carboxylic acids is 1. The van der Waals surface area contributed by atoms with Crippen molar-refractivity contribution in [2.75, 3.05) is 13.4 Å². The van der Waals surface area contributed by atoms with Gasteiger partial charge in [-0.1, -0.05) is 5.16 Å². The van der Waals surface area contributed by atoms with Gasteiger partial charge in [-0.2, -0.15) is 4.98 Å². The molecule has 0 aromatic carbocycles. The second-order valence-corrected chi connectivity index (χ2v) is 7.79. The van der Waals surface area contributed by atoms with Gasteiger partial charge in [0.2, 0.25) is 0 Å². The zero-order chi connectivity index (χ0) is 16.7. The molecule has 0 spiro atoms. The van der Waals surface area contributed by atoms with Crippen LogP contribution in [0.5, 0.6) is 0 Å². The molecule has 23 heavy (non-hydrogen) atoms. The van der Waals surface area contributed by atoms with Crippen LogP contribution in [0.1, 0.15) is 35.4 Å². The van der Waals surface area contributed by atoms with Gasteiger partial charge >= 0.3 is 5.97 Å². The van der Waals surface area contributed by atoms with Crippen molar-refractivity contribution >= 4 is 15.8 Å². The Bertz CT molecular complexity index is 855. The second kappa shape index (κ2) is 5.41. The van der Waals surface area contributed by atoms with Gasteiger partial charge in [0.15, 0.2) is 15.7 Å². The lowest BCUT2D eigenvalue weighted by molar-refractivity contribution is 0.0600. The van der Waals surface area contributed by atoms with Crippen molar-refractivity contribution in [2.45, 2.75) is 24.0 Å². The van der Waals surface area contributed by atoms with Crippen LogP contribution in [0.3, 0.4) is 0 Å². The Morgan fingerprint density at radius 3 is 2.70 bits per heavy atom. The van der Waals surface area contributed by atoms with E-state index in [0.717, 1.165) is 6.42 Å². The molecule has 1 saturated carbocycles. The molecule has 0 amide bonds. The fraction of sp³-hybridized carbons (Fsp3) is 0.429. The van der Waals surface area contributed by atoms with Crippen molar-refractivity contribution in [1.29, 1.82) is 0 Å². The van der Waals surface area contributed by atoms with E-state index in [1.807, 2.05) is 0 Å². The third-order valence-corrected chi connectivity index (χ3v) is 6.12. The van der Waals surface area contributed by atoms with Gasteiger partial charge in [0.25, 0.3) is 5.89 Å². The third kappa shape index (κ3) is 2.50. The molecule has 3 rings (SSSR count). The van der Waals surface area contributed by atoms with E-state index in [9.17, 15) is 13.2 Å². The van der Waals surface area contributed by atoms with Gasteiger partial charge in [-0.05, 0) is 31.4 Å². The monoisotopic (exact) mass is 337 g/mol. The van der Waals surface area contributed by atoms with Crippen molar-refractivity contribution in [2.24, 2.45) is 0 Å². The molecule has 1 fully saturated rings. The van der Waals surface area contributed by atoms with Gasteiger partial charge in [0.05, 0.1) is 12.7 Å². The van der Waals surface area contributed by atoms with Crippen LogP contribution in [0, 0.1) is 0 Å². The van der Waals surface area contributed by atoms with Crippen LogP contribution in [0.2, 0.25) is 0 Å². The minimum absolute atomic E-state index is 0.0701. The van der Waals surface area contributed by atoms with Crippen molar-refractivity contribution in [3.8, 4) is 11.6 Å². The van der Waals surface area contributed by atoms with Crippen LogP contribution < -0.4 is 0 Å².